The van der Waals surface area contributed by atoms with E-state index in [2.05, 4.69) is 41.8 Å². The minimum absolute atomic E-state index is 0.0452. The molecule has 0 radical (unpaired) electrons. The van der Waals surface area contributed by atoms with E-state index in [1.807, 2.05) is 12.1 Å². The van der Waals surface area contributed by atoms with Gasteiger partial charge in [-0.15, -0.1) is 0 Å². The Labute approximate surface area is 187 Å². The molecule has 0 unspecified atom stereocenters. The molecule has 0 bridgehead atoms. The molecule has 1 aliphatic heterocycles. The maximum absolute atomic E-state index is 12.8. The lowest BCUT2D eigenvalue weighted by Gasteiger charge is -2.13. The highest BCUT2D eigenvalue weighted by molar-refractivity contribution is 7.99. The summed E-state index contributed by atoms with van der Waals surface area (Å²) in [7, 11) is -3.79. The van der Waals surface area contributed by atoms with Crippen molar-refractivity contribution in [1.82, 2.24) is 9.88 Å². The van der Waals surface area contributed by atoms with Crippen molar-refractivity contribution in [3.05, 3.63) is 71.5 Å². The lowest BCUT2D eigenvalue weighted by Crippen LogP contribution is -2.27. The number of aromatic amines is 1. The molecule has 0 aliphatic carbocycles. The van der Waals surface area contributed by atoms with Crippen LogP contribution in [0.25, 0.3) is 0 Å². The number of hydrogen-bond acceptors (Lipinski definition) is 4. The molecule has 2 heterocycles. The Morgan fingerprint density at radius 1 is 1.03 bits per heavy atom. The highest BCUT2D eigenvalue weighted by atomic mass is 32.2. The summed E-state index contributed by atoms with van der Waals surface area (Å²) in [6.07, 6.45) is 3.32. The van der Waals surface area contributed by atoms with E-state index >= 15 is 0 Å². The third-order valence-corrected chi connectivity index (χ3v) is 7.80. The number of anilines is 1. The predicted octanol–water partition coefficient (Wildman–Crippen LogP) is 4.82. The summed E-state index contributed by atoms with van der Waals surface area (Å²) in [5, 5.41) is 0. The predicted molar refractivity (Wildman–Crippen MR) is 123 cm³/mol. The number of aryl methyl sites for hydroxylation is 2. The fourth-order valence-electron chi connectivity index (χ4n) is 3.59. The molecule has 2 N–H and O–H groups in total. The van der Waals surface area contributed by atoms with Crippen molar-refractivity contribution < 1.29 is 13.2 Å². The van der Waals surface area contributed by atoms with E-state index in [1.54, 1.807) is 28.8 Å². The van der Waals surface area contributed by atoms with Gasteiger partial charge in [-0.1, -0.05) is 29.5 Å². The summed E-state index contributed by atoms with van der Waals surface area (Å²) in [5.41, 5.74) is 3.20. The maximum Gasteiger partial charge on any atom is 0.270 e. The first-order chi connectivity index (χ1) is 14.8. The molecule has 31 heavy (non-hydrogen) atoms. The zero-order valence-electron chi connectivity index (χ0n) is 17.5. The zero-order chi connectivity index (χ0) is 22.0. The van der Waals surface area contributed by atoms with Crippen molar-refractivity contribution in [2.24, 2.45) is 0 Å². The Morgan fingerprint density at radius 2 is 1.74 bits per heavy atom. The molecule has 8 heteroatoms. The second kappa shape index (κ2) is 8.80. The van der Waals surface area contributed by atoms with Gasteiger partial charge in [0.1, 0.15) is 10.6 Å². The van der Waals surface area contributed by atoms with Crippen LogP contribution in [0.4, 0.5) is 5.69 Å². The molecule has 2 aromatic carbocycles. The number of hydrogen-bond donors (Lipinski definition) is 2. The van der Waals surface area contributed by atoms with Gasteiger partial charge in [-0.05, 0) is 68.7 Å². The van der Waals surface area contributed by atoms with E-state index in [1.165, 1.54) is 28.3 Å². The highest BCUT2D eigenvalue weighted by Gasteiger charge is 2.23. The van der Waals surface area contributed by atoms with Crippen LogP contribution >= 0.6 is 11.8 Å². The largest absolute Gasteiger partial charge is 0.356 e. The molecule has 3 aromatic rings. The topological polar surface area (TPSA) is 82.3 Å². The molecule has 162 valence electrons. The van der Waals surface area contributed by atoms with Gasteiger partial charge in [-0.25, -0.2) is 8.42 Å². The van der Waals surface area contributed by atoms with E-state index in [-0.39, 0.29) is 10.8 Å². The molecule has 0 saturated carbocycles. The summed E-state index contributed by atoms with van der Waals surface area (Å²) in [5.74, 6) is -0.160. The molecular formula is C23H25N3O3S2. The molecule has 0 spiro atoms. The fourth-order valence-corrected chi connectivity index (χ4v) is 5.52. The van der Waals surface area contributed by atoms with Gasteiger partial charge in [-0.3, -0.25) is 9.52 Å². The average molecular weight is 456 g/mol. The highest BCUT2D eigenvalue weighted by Crippen LogP contribution is 2.31. The van der Waals surface area contributed by atoms with Crippen LogP contribution in [-0.4, -0.2) is 37.3 Å². The third kappa shape index (κ3) is 4.97. The quantitative estimate of drug-likeness (QED) is 0.558. The SMILES string of the molecule is Cc1ccc(Sc2ccc(NS(=O)(=O)c3c[nH]c(C(=O)N4CCCC4)c3)cc2)c(C)c1. The molecular weight excluding hydrogens is 430 g/mol. The molecule has 1 saturated heterocycles. The van der Waals surface area contributed by atoms with Crippen molar-refractivity contribution in [3.63, 3.8) is 0 Å². The van der Waals surface area contributed by atoms with Crippen LogP contribution in [0.15, 0.2) is 69.4 Å². The zero-order valence-corrected chi connectivity index (χ0v) is 19.1. The summed E-state index contributed by atoms with van der Waals surface area (Å²) in [6.45, 7) is 5.57. The Bertz CT molecular complexity index is 1200. The third-order valence-electron chi connectivity index (χ3n) is 5.26. The van der Waals surface area contributed by atoms with Gasteiger partial charge in [0.25, 0.3) is 15.9 Å². The second-order valence-corrected chi connectivity index (χ2v) is 10.5. The fraction of sp³-hybridized carbons (Fsp3) is 0.261. The number of rotatable bonds is 6. The number of H-pyrrole nitrogens is 1. The molecule has 6 nitrogen and oxygen atoms in total. The van der Waals surface area contributed by atoms with E-state index in [0.29, 0.717) is 24.5 Å². The number of amides is 1. The van der Waals surface area contributed by atoms with Gasteiger partial charge in [0.05, 0.1) is 0 Å². The van der Waals surface area contributed by atoms with E-state index in [9.17, 15) is 13.2 Å². The minimum atomic E-state index is -3.79. The number of likely N-dealkylation sites (tertiary alicyclic amines) is 1. The van der Waals surface area contributed by atoms with Crippen molar-refractivity contribution in [2.45, 2.75) is 41.4 Å². The first-order valence-corrected chi connectivity index (χ1v) is 12.5. The lowest BCUT2D eigenvalue weighted by molar-refractivity contribution is 0.0787. The molecule has 1 aromatic heterocycles. The van der Waals surface area contributed by atoms with Crippen molar-refractivity contribution in [1.29, 1.82) is 0 Å². The van der Waals surface area contributed by atoms with Gasteiger partial charge >= 0.3 is 0 Å². The standard InChI is InChI=1S/C23H25N3O3S2/c1-16-5-10-22(17(2)13-16)30-19-8-6-18(7-9-19)25-31(28,29)20-14-21(24-15-20)23(27)26-11-3-4-12-26/h5-10,13-15,24-25H,3-4,11-12H2,1-2H3. The van der Waals surface area contributed by atoms with Crippen LogP contribution in [-0.2, 0) is 10.0 Å². The van der Waals surface area contributed by atoms with Crippen LogP contribution in [0.5, 0.6) is 0 Å². The first-order valence-electron chi connectivity index (χ1n) is 10.2. The average Bonchev–Trinajstić information content (AvgIpc) is 3.43. The summed E-state index contributed by atoms with van der Waals surface area (Å²) in [4.78, 5) is 19.2. The summed E-state index contributed by atoms with van der Waals surface area (Å²) in [6, 6.07) is 15.0. The van der Waals surface area contributed by atoms with Crippen LogP contribution in [0.1, 0.15) is 34.5 Å². The summed E-state index contributed by atoms with van der Waals surface area (Å²) < 4.78 is 28.1. The number of sulfonamides is 1. The normalized spacial score (nSPS) is 14.1. The van der Waals surface area contributed by atoms with Gasteiger partial charge in [0.15, 0.2) is 0 Å². The van der Waals surface area contributed by atoms with Crippen molar-refractivity contribution >= 4 is 33.4 Å². The van der Waals surface area contributed by atoms with E-state index in [4.69, 9.17) is 0 Å². The van der Waals surface area contributed by atoms with Crippen LogP contribution < -0.4 is 4.72 Å². The molecule has 4 rings (SSSR count). The van der Waals surface area contributed by atoms with Crippen LogP contribution in [0.2, 0.25) is 0 Å². The number of aromatic nitrogens is 1. The smallest absolute Gasteiger partial charge is 0.270 e. The number of nitrogens with zero attached hydrogens (tertiary/aromatic N) is 1. The number of carbonyl (C=O) groups is 1. The number of carbonyl (C=O) groups excluding carboxylic acids is 1. The molecule has 1 fully saturated rings. The monoisotopic (exact) mass is 455 g/mol. The second-order valence-electron chi connectivity index (χ2n) is 7.75. The van der Waals surface area contributed by atoms with E-state index < -0.39 is 10.0 Å². The number of nitrogens with one attached hydrogen (secondary N) is 2. The van der Waals surface area contributed by atoms with Crippen molar-refractivity contribution in [3.8, 4) is 0 Å². The first kappa shape index (κ1) is 21.5. The Hall–Kier alpha value is -2.71. The van der Waals surface area contributed by atoms with Gasteiger partial charge in [0, 0.05) is 34.8 Å². The van der Waals surface area contributed by atoms with E-state index in [0.717, 1.165) is 17.7 Å². The van der Waals surface area contributed by atoms with Gasteiger partial charge in [0.2, 0.25) is 0 Å². The van der Waals surface area contributed by atoms with Crippen LogP contribution in [0.3, 0.4) is 0 Å². The molecule has 0 atom stereocenters. The summed E-state index contributed by atoms with van der Waals surface area (Å²) >= 11 is 1.64. The Morgan fingerprint density at radius 3 is 2.42 bits per heavy atom. The maximum atomic E-state index is 12.8. The molecule has 1 aliphatic rings. The van der Waals surface area contributed by atoms with Gasteiger partial charge < -0.3 is 9.88 Å². The minimum Gasteiger partial charge on any atom is -0.356 e. The van der Waals surface area contributed by atoms with Crippen molar-refractivity contribution in [2.75, 3.05) is 17.8 Å². The molecule has 1 amide bonds. The van der Waals surface area contributed by atoms with Gasteiger partial charge in [-0.2, -0.15) is 0 Å². The lowest BCUT2D eigenvalue weighted by atomic mass is 10.2. The Kier molecular flexibility index (Phi) is 6.11. The number of benzene rings is 2. The Balaban J connectivity index is 1.44. The van der Waals surface area contributed by atoms with Crippen LogP contribution in [0, 0.1) is 13.8 Å².